The third kappa shape index (κ3) is 5.50. The van der Waals surface area contributed by atoms with Gasteiger partial charge in [-0.3, -0.25) is 0 Å². The molecule has 1 aromatic heterocycles. The van der Waals surface area contributed by atoms with Crippen molar-refractivity contribution in [3.63, 3.8) is 0 Å². The van der Waals surface area contributed by atoms with Crippen LogP contribution < -0.4 is 5.63 Å². The zero-order chi connectivity index (χ0) is 14.1. The van der Waals surface area contributed by atoms with E-state index in [9.17, 15) is 9.90 Å². The third-order valence-electron chi connectivity index (χ3n) is 3.79. The normalized spacial score (nSPS) is 12.5. The van der Waals surface area contributed by atoms with Crippen molar-refractivity contribution in [1.82, 2.24) is 0 Å². The Labute approximate surface area is 115 Å². The van der Waals surface area contributed by atoms with Crippen LogP contribution in [0, 0.1) is 5.92 Å². The maximum atomic E-state index is 11.5. The lowest BCUT2D eigenvalue weighted by Gasteiger charge is -2.14. The number of aromatic hydroxyl groups is 1. The minimum atomic E-state index is -0.404. The van der Waals surface area contributed by atoms with Gasteiger partial charge in [0, 0.05) is 6.07 Å². The van der Waals surface area contributed by atoms with Crippen molar-refractivity contribution in [3.8, 4) is 5.75 Å². The molecule has 1 atom stereocenters. The lowest BCUT2D eigenvalue weighted by molar-refractivity contribution is 0.397. The predicted octanol–water partition coefficient (Wildman–Crippen LogP) is 4.27. The van der Waals surface area contributed by atoms with Crippen LogP contribution >= 0.6 is 0 Å². The van der Waals surface area contributed by atoms with Gasteiger partial charge in [0.1, 0.15) is 5.75 Å². The molecule has 0 amide bonds. The maximum absolute atomic E-state index is 11.5. The molecule has 1 aromatic rings. The van der Waals surface area contributed by atoms with Crippen LogP contribution in [0.5, 0.6) is 5.75 Å². The lowest BCUT2D eigenvalue weighted by Crippen LogP contribution is -2.08. The lowest BCUT2D eigenvalue weighted by atomic mass is 9.92. The van der Waals surface area contributed by atoms with Crippen molar-refractivity contribution >= 4 is 0 Å². The molecule has 3 nitrogen and oxygen atoms in total. The van der Waals surface area contributed by atoms with Crippen LogP contribution in [0.25, 0.3) is 0 Å². The fourth-order valence-electron chi connectivity index (χ4n) is 2.47. The van der Waals surface area contributed by atoms with Crippen molar-refractivity contribution in [2.45, 2.75) is 65.2 Å². The first-order chi connectivity index (χ1) is 9.19. The molecule has 0 saturated heterocycles. The first kappa shape index (κ1) is 15.8. The van der Waals surface area contributed by atoms with Crippen molar-refractivity contribution in [1.29, 1.82) is 0 Å². The highest BCUT2D eigenvalue weighted by Gasteiger charge is 2.10. The Morgan fingerprint density at radius 3 is 2.58 bits per heavy atom. The van der Waals surface area contributed by atoms with Crippen LogP contribution in [0.15, 0.2) is 21.5 Å². The van der Waals surface area contributed by atoms with Gasteiger partial charge in [0.05, 0.1) is 11.8 Å². The van der Waals surface area contributed by atoms with E-state index in [1.54, 1.807) is 0 Å². The van der Waals surface area contributed by atoms with Crippen molar-refractivity contribution < 1.29 is 9.52 Å². The minimum Gasteiger partial charge on any atom is -0.507 e. The van der Waals surface area contributed by atoms with Gasteiger partial charge in [-0.05, 0) is 18.8 Å². The second kappa shape index (κ2) is 8.78. The van der Waals surface area contributed by atoms with Crippen LogP contribution in [0.2, 0.25) is 0 Å². The Hall–Kier alpha value is -1.25. The highest BCUT2D eigenvalue weighted by Crippen LogP contribution is 2.21. The molecule has 0 fully saturated rings. The molecule has 1 unspecified atom stereocenters. The van der Waals surface area contributed by atoms with Gasteiger partial charge in [0.25, 0.3) is 0 Å². The number of hydrogen-bond acceptors (Lipinski definition) is 3. The maximum Gasteiger partial charge on any atom is 0.342 e. The summed E-state index contributed by atoms with van der Waals surface area (Å²) in [5, 5.41) is 9.63. The summed E-state index contributed by atoms with van der Waals surface area (Å²) in [6, 6.07) is 1.44. The highest BCUT2D eigenvalue weighted by atomic mass is 16.4. The number of rotatable bonds is 9. The van der Waals surface area contributed by atoms with Crippen molar-refractivity contribution in [2.75, 3.05) is 0 Å². The van der Waals surface area contributed by atoms with Gasteiger partial charge in [-0.25, -0.2) is 4.79 Å². The van der Waals surface area contributed by atoms with Gasteiger partial charge in [-0.15, -0.1) is 0 Å². The molecule has 108 valence electrons. The van der Waals surface area contributed by atoms with E-state index in [2.05, 4.69) is 13.8 Å². The van der Waals surface area contributed by atoms with Gasteiger partial charge >= 0.3 is 5.63 Å². The first-order valence-corrected chi connectivity index (χ1v) is 7.48. The zero-order valence-electron chi connectivity index (χ0n) is 12.2. The summed E-state index contributed by atoms with van der Waals surface area (Å²) < 4.78 is 4.79. The largest absolute Gasteiger partial charge is 0.507 e. The summed E-state index contributed by atoms with van der Waals surface area (Å²) in [5.74, 6) is 0.805. The van der Waals surface area contributed by atoms with Crippen LogP contribution in [-0.4, -0.2) is 5.11 Å². The zero-order valence-corrected chi connectivity index (χ0v) is 12.2. The monoisotopic (exact) mass is 266 g/mol. The van der Waals surface area contributed by atoms with Crippen molar-refractivity contribution in [2.24, 2.45) is 5.92 Å². The Morgan fingerprint density at radius 2 is 1.95 bits per heavy atom. The second-order valence-corrected chi connectivity index (χ2v) is 5.23. The molecule has 1 heterocycles. The van der Waals surface area contributed by atoms with Crippen LogP contribution in [0.4, 0.5) is 0 Å². The Kier molecular flexibility index (Phi) is 7.31. The highest BCUT2D eigenvalue weighted by molar-refractivity contribution is 5.27. The van der Waals surface area contributed by atoms with E-state index in [0.717, 1.165) is 18.8 Å². The van der Waals surface area contributed by atoms with E-state index >= 15 is 0 Å². The molecule has 0 aliphatic heterocycles. The minimum absolute atomic E-state index is 0.0651. The summed E-state index contributed by atoms with van der Waals surface area (Å²) in [6.07, 6.45) is 10.2. The van der Waals surface area contributed by atoms with E-state index in [0.29, 0.717) is 12.0 Å². The molecule has 1 N–H and O–H groups in total. The van der Waals surface area contributed by atoms with Gasteiger partial charge < -0.3 is 9.52 Å². The molecule has 3 heteroatoms. The number of unbranched alkanes of at least 4 members (excludes halogenated alkanes) is 2. The molecule has 1 rings (SSSR count). The summed E-state index contributed by atoms with van der Waals surface area (Å²) in [6.45, 7) is 4.45. The fraction of sp³-hybridized carbons (Fsp3) is 0.688. The van der Waals surface area contributed by atoms with Crippen LogP contribution in [-0.2, 0) is 6.42 Å². The fourth-order valence-corrected chi connectivity index (χ4v) is 2.47. The average molecular weight is 266 g/mol. The molecule has 19 heavy (non-hydrogen) atoms. The molecular formula is C16H26O3. The quantitative estimate of drug-likeness (QED) is 0.679. The first-order valence-electron chi connectivity index (χ1n) is 7.48. The molecule has 0 aliphatic carbocycles. The number of hydrogen-bond donors (Lipinski definition) is 1. The Bertz CT molecular complexity index is 409. The van der Waals surface area contributed by atoms with Crippen LogP contribution in [0.1, 0.15) is 64.4 Å². The van der Waals surface area contributed by atoms with E-state index in [1.807, 2.05) is 0 Å². The van der Waals surface area contributed by atoms with E-state index in [-0.39, 0.29) is 5.75 Å². The third-order valence-corrected chi connectivity index (χ3v) is 3.79. The summed E-state index contributed by atoms with van der Waals surface area (Å²) >= 11 is 0. The van der Waals surface area contributed by atoms with Crippen LogP contribution in [0.3, 0.4) is 0 Å². The molecule has 0 spiro atoms. The van der Waals surface area contributed by atoms with E-state index in [1.165, 1.54) is 44.4 Å². The van der Waals surface area contributed by atoms with Gasteiger partial charge in [0.15, 0.2) is 0 Å². The van der Waals surface area contributed by atoms with Gasteiger partial charge in [-0.2, -0.15) is 0 Å². The van der Waals surface area contributed by atoms with Gasteiger partial charge in [0.2, 0.25) is 0 Å². The van der Waals surface area contributed by atoms with Crippen molar-refractivity contribution in [3.05, 3.63) is 28.3 Å². The molecule has 0 saturated carbocycles. The van der Waals surface area contributed by atoms with Gasteiger partial charge in [-0.1, -0.05) is 52.4 Å². The molecular weight excluding hydrogens is 240 g/mol. The van der Waals surface area contributed by atoms with E-state index < -0.39 is 5.63 Å². The summed E-state index contributed by atoms with van der Waals surface area (Å²) in [7, 11) is 0. The second-order valence-electron chi connectivity index (χ2n) is 5.23. The average Bonchev–Trinajstić information content (AvgIpc) is 2.40. The topological polar surface area (TPSA) is 50.4 Å². The standard InChI is InChI=1S/C16H26O3/c1-3-5-6-8-13(4-2)9-7-10-14-15(17)11-12-19-16(14)18/h11-13,17H,3-10H2,1-2H3. The predicted molar refractivity (Wildman–Crippen MR) is 77.5 cm³/mol. The summed E-state index contributed by atoms with van der Waals surface area (Å²) in [5.41, 5.74) is 0.0185. The SMILES string of the molecule is CCCCCC(CC)CCCc1c(O)ccoc1=O. The summed E-state index contributed by atoms with van der Waals surface area (Å²) in [4.78, 5) is 11.5. The smallest absolute Gasteiger partial charge is 0.342 e. The molecule has 0 bridgehead atoms. The van der Waals surface area contributed by atoms with E-state index in [4.69, 9.17) is 4.42 Å². The molecule has 0 aromatic carbocycles. The molecule has 0 aliphatic rings. The Balaban J connectivity index is 2.38. The Morgan fingerprint density at radius 1 is 1.21 bits per heavy atom. The molecule has 0 radical (unpaired) electrons.